The first kappa shape index (κ1) is 29.6. The molecule has 1 heterocycles. The number of benzene rings is 2. The summed E-state index contributed by atoms with van der Waals surface area (Å²) < 4.78 is 11.3. The molecule has 0 radical (unpaired) electrons. The molecule has 2 aliphatic rings. The van der Waals surface area contributed by atoms with Gasteiger partial charge in [-0.05, 0) is 119 Å². The SMILES string of the molecule is COc1ccc(C2CCC(CN(C(=O)C3CCC(O)CC3)c3cccc(-c4cnc(OC(C)C)s4)c3)CC2)cc1C. The zero-order chi connectivity index (χ0) is 28.9. The average molecular weight is 577 g/mol. The molecule has 3 aromatic rings. The number of nitrogens with zero attached hydrogens (tertiary/aromatic N) is 2. The van der Waals surface area contributed by atoms with Crippen molar-refractivity contribution in [3.63, 3.8) is 0 Å². The Kier molecular flexibility index (Phi) is 9.66. The number of ether oxygens (including phenoxy) is 2. The lowest BCUT2D eigenvalue weighted by atomic mass is 9.78. The highest BCUT2D eigenvalue weighted by molar-refractivity contribution is 7.16. The molecule has 1 N–H and O–H groups in total. The van der Waals surface area contributed by atoms with Crippen molar-refractivity contribution >= 4 is 22.9 Å². The van der Waals surface area contributed by atoms with E-state index in [1.807, 2.05) is 26.1 Å². The number of carbonyl (C=O) groups is 1. The van der Waals surface area contributed by atoms with E-state index in [0.717, 1.165) is 66.9 Å². The number of thiazole rings is 1. The number of rotatable bonds is 9. The fourth-order valence-electron chi connectivity index (χ4n) is 6.43. The summed E-state index contributed by atoms with van der Waals surface area (Å²) in [4.78, 5) is 21.6. The number of methoxy groups -OCH3 is 1. The third kappa shape index (κ3) is 7.31. The smallest absolute Gasteiger partial charge is 0.273 e. The molecule has 2 aliphatic carbocycles. The van der Waals surface area contributed by atoms with Gasteiger partial charge in [0.15, 0.2) is 0 Å². The van der Waals surface area contributed by atoms with Crippen molar-refractivity contribution in [3.05, 3.63) is 59.8 Å². The number of amides is 1. The largest absolute Gasteiger partial charge is 0.496 e. The standard InChI is InChI=1S/C34H44N2O4S/c1-22(2)40-34-35-20-32(41-34)28-6-5-7-29(19-28)36(33(38)26-12-15-30(37)16-13-26)21-24-8-10-25(11-9-24)27-14-17-31(39-4)23(3)18-27/h5-7,14,17-20,22,24-26,30,37H,8-13,15-16,21H2,1-4H3. The van der Waals surface area contributed by atoms with Crippen LogP contribution in [0.4, 0.5) is 5.69 Å². The van der Waals surface area contributed by atoms with Gasteiger partial charge in [-0.2, -0.15) is 0 Å². The van der Waals surface area contributed by atoms with Gasteiger partial charge in [0.25, 0.3) is 5.19 Å². The summed E-state index contributed by atoms with van der Waals surface area (Å²) >= 11 is 1.54. The van der Waals surface area contributed by atoms with E-state index in [2.05, 4.69) is 53.2 Å². The second-order valence-corrected chi connectivity index (χ2v) is 13.1. The maximum atomic E-state index is 14.0. The van der Waals surface area contributed by atoms with Crippen LogP contribution in [-0.2, 0) is 4.79 Å². The van der Waals surface area contributed by atoms with Crippen LogP contribution in [0.1, 0.15) is 82.3 Å². The topological polar surface area (TPSA) is 71.9 Å². The van der Waals surface area contributed by atoms with Gasteiger partial charge in [-0.25, -0.2) is 4.98 Å². The van der Waals surface area contributed by atoms with E-state index in [-0.39, 0.29) is 24.0 Å². The molecule has 0 saturated heterocycles. The Morgan fingerprint density at radius 2 is 1.80 bits per heavy atom. The lowest BCUT2D eigenvalue weighted by Crippen LogP contribution is -2.41. The fraction of sp³-hybridized carbons (Fsp3) is 0.529. The average Bonchev–Trinajstić information content (AvgIpc) is 3.44. The Bertz CT molecular complexity index is 1310. The normalized spacial score (nSPS) is 22.9. The molecule has 41 heavy (non-hydrogen) atoms. The number of aliphatic hydroxyl groups excluding tert-OH is 1. The quantitative estimate of drug-likeness (QED) is 0.282. The summed E-state index contributed by atoms with van der Waals surface area (Å²) in [6.45, 7) is 6.85. The maximum absolute atomic E-state index is 14.0. The highest BCUT2D eigenvalue weighted by Gasteiger charge is 2.32. The molecule has 2 fully saturated rings. The minimum atomic E-state index is -0.277. The lowest BCUT2D eigenvalue weighted by molar-refractivity contribution is -0.124. The summed E-state index contributed by atoms with van der Waals surface area (Å²) in [5, 5.41) is 10.7. The third-order valence-corrected chi connectivity index (χ3v) is 9.69. The molecule has 0 unspecified atom stereocenters. The van der Waals surface area contributed by atoms with Crippen LogP contribution in [0.2, 0.25) is 0 Å². The minimum Gasteiger partial charge on any atom is -0.496 e. The van der Waals surface area contributed by atoms with Crippen LogP contribution in [0, 0.1) is 18.8 Å². The van der Waals surface area contributed by atoms with Gasteiger partial charge in [-0.1, -0.05) is 35.6 Å². The van der Waals surface area contributed by atoms with Crippen molar-refractivity contribution in [1.29, 1.82) is 0 Å². The van der Waals surface area contributed by atoms with E-state index in [0.29, 0.717) is 29.9 Å². The molecule has 2 aromatic carbocycles. The van der Waals surface area contributed by atoms with Crippen molar-refractivity contribution in [1.82, 2.24) is 4.98 Å². The summed E-state index contributed by atoms with van der Waals surface area (Å²) in [6.07, 6.45) is 9.05. The van der Waals surface area contributed by atoms with Gasteiger partial charge in [0, 0.05) is 24.3 Å². The fourth-order valence-corrected chi connectivity index (χ4v) is 7.32. The van der Waals surface area contributed by atoms with Crippen LogP contribution in [0.3, 0.4) is 0 Å². The Labute approximate surface area is 248 Å². The first-order valence-electron chi connectivity index (χ1n) is 15.2. The number of hydrogen-bond donors (Lipinski definition) is 1. The third-order valence-electron chi connectivity index (χ3n) is 8.75. The van der Waals surface area contributed by atoms with Gasteiger partial charge in [0.2, 0.25) is 5.91 Å². The second-order valence-electron chi connectivity index (χ2n) is 12.1. The van der Waals surface area contributed by atoms with Crippen molar-refractivity contribution in [2.75, 3.05) is 18.6 Å². The van der Waals surface area contributed by atoms with Gasteiger partial charge >= 0.3 is 0 Å². The van der Waals surface area contributed by atoms with Crippen molar-refractivity contribution in [2.45, 2.75) is 90.3 Å². The van der Waals surface area contributed by atoms with E-state index in [1.54, 1.807) is 7.11 Å². The summed E-state index contributed by atoms with van der Waals surface area (Å²) in [7, 11) is 1.72. The lowest BCUT2D eigenvalue weighted by Gasteiger charge is -2.36. The van der Waals surface area contributed by atoms with E-state index >= 15 is 0 Å². The zero-order valence-corrected chi connectivity index (χ0v) is 25.7. The van der Waals surface area contributed by atoms with Crippen molar-refractivity contribution in [3.8, 4) is 21.4 Å². The van der Waals surface area contributed by atoms with Crippen molar-refractivity contribution in [2.24, 2.45) is 11.8 Å². The molecular formula is C34H44N2O4S. The predicted octanol–water partition coefficient (Wildman–Crippen LogP) is 7.77. The van der Waals surface area contributed by atoms with Crippen LogP contribution in [-0.4, -0.2) is 41.9 Å². The minimum absolute atomic E-state index is 0.0323. The van der Waals surface area contributed by atoms with Crippen LogP contribution in [0.5, 0.6) is 10.9 Å². The molecule has 7 heteroatoms. The van der Waals surface area contributed by atoms with Gasteiger partial charge < -0.3 is 19.5 Å². The number of anilines is 1. The first-order chi connectivity index (χ1) is 19.8. The molecular weight excluding hydrogens is 532 g/mol. The molecule has 5 rings (SSSR count). The van der Waals surface area contributed by atoms with Crippen molar-refractivity contribution < 1.29 is 19.4 Å². The molecule has 1 amide bonds. The van der Waals surface area contributed by atoms with E-state index in [9.17, 15) is 9.90 Å². The Morgan fingerprint density at radius 3 is 2.49 bits per heavy atom. The van der Waals surface area contributed by atoms with Gasteiger partial charge in [0.05, 0.1) is 24.2 Å². The van der Waals surface area contributed by atoms with Gasteiger partial charge in [0.1, 0.15) is 5.75 Å². The highest BCUT2D eigenvalue weighted by Crippen LogP contribution is 2.39. The highest BCUT2D eigenvalue weighted by atomic mass is 32.1. The van der Waals surface area contributed by atoms with Gasteiger partial charge in [-0.3, -0.25) is 4.79 Å². The molecule has 0 aliphatic heterocycles. The predicted molar refractivity (Wildman–Crippen MR) is 166 cm³/mol. The maximum Gasteiger partial charge on any atom is 0.273 e. The summed E-state index contributed by atoms with van der Waals surface area (Å²) in [5.41, 5.74) is 4.58. The van der Waals surface area contributed by atoms with Crippen LogP contribution in [0.15, 0.2) is 48.7 Å². The molecule has 0 spiro atoms. The molecule has 0 bridgehead atoms. The number of aryl methyl sites for hydroxylation is 1. The van der Waals surface area contributed by atoms with Crippen LogP contribution < -0.4 is 14.4 Å². The van der Waals surface area contributed by atoms with Gasteiger partial charge in [-0.15, -0.1) is 0 Å². The Morgan fingerprint density at radius 1 is 1.05 bits per heavy atom. The van der Waals surface area contributed by atoms with Crippen LogP contribution in [0.25, 0.3) is 10.4 Å². The van der Waals surface area contributed by atoms with E-state index in [1.165, 1.54) is 22.5 Å². The Hall–Kier alpha value is -2.90. The van der Waals surface area contributed by atoms with E-state index < -0.39 is 0 Å². The zero-order valence-electron chi connectivity index (χ0n) is 24.8. The van der Waals surface area contributed by atoms with Crippen LogP contribution >= 0.6 is 11.3 Å². The molecule has 0 atom stereocenters. The number of aliphatic hydroxyl groups is 1. The number of carbonyl (C=O) groups excluding carboxylic acids is 1. The number of hydrogen-bond acceptors (Lipinski definition) is 6. The Balaban J connectivity index is 1.33. The summed E-state index contributed by atoms with van der Waals surface area (Å²) in [6, 6.07) is 14.9. The van der Waals surface area contributed by atoms with E-state index in [4.69, 9.17) is 9.47 Å². The molecule has 220 valence electrons. The first-order valence-corrected chi connectivity index (χ1v) is 16.0. The monoisotopic (exact) mass is 576 g/mol. The molecule has 2 saturated carbocycles. The number of aromatic nitrogens is 1. The summed E-state index contributed by atoms with van der Waals surface area (Å²) in [5.74, 6) is 2.12. The second kappa shape index (κ2) is 13.4. The molecule has 6 nitrogen and oxygen atoms in total. The molecule has 1 aromatic heterocycles.